The largest absolute Gasteiger partial charge is 0.497 e. The highest BCUT2D eigenvalue weighted by Crippen LogP contribution is 2.24. The molecule has 0 aliphatic heterocycles. The van der Waals surface area contributed by atoms with Crippen molar-refractivity contribution in [3.05, 3.63) is 23.8 Å². The lowest BCUT2D eigenvalue weighted by Crippen LogP contribution is -2.21. The fraction of sp³-hybridized carbons (Fsp3) is 0.417. The molecule has 0 saturated carbocycles. The second-order valence-electron chi connectivity index (χ2n) is 3.31. The van der Waals surface area contributed by atoms with Gasteiger partial charge in [-0.2, -0.15) is 0 Å². The van der Waals surface area contributed by atoms with Crippen molar-refractivity contribution in [2.45, 2.75) is 19.9 Å². The Bertz CT molecular complexity index is 363. The van der Waals surface area contributed by atoms with Gasteiger partial charge in [0.15, 0.2) is 0 Å². The van der Waals surface area contributed by atoms with E-state index in [0.29, 0.717) is 13.0 Å². The Morgan fingerprint density at radius 2 is 2.06 bits per heavy atom. The van der Waals surface area contributed by atoms with Crippen LogP contribution in [0.1, 0.15) is 18.9 Å². The van der Waals surface area contributed by atoms with Gasteiger partial charge < -0.3 is 14.8 Å². The summed E-state index contributed by atoms with van der Waals surface area (Å²) in [6.45, 7) is 2.29. The molecule has 1 aromatic rings. The maximum Gasteiger partial charge on any atom is 0.219 e. The average Bonchev–Trinajstić information content (AvgIpc) is 2.35. The molecule has 0 aliphatic rings. The average molecular weight is 223 g/mol. The van der Waals surface area contributed by atoms with Crippen LogP contribution < -0.4 is 14.8 Å². The zero-order valence-electron chi connectivity index (χ0n) is 9.87. The summed E-state index contributed by atoms with van der Waals surface area (Å²) >= 11 is 0. The van der Waals surface area contributed by atoms with Crippen molar-refractivity contribution in [1.82, 2.24) is 5.32 Å². The molecule has 4 heteroatoms. The number of carbonyl (C=O) groups excluding carboxylic acids is 1. The van der Waals surface area contributed by atoms with E-state index in [1.165, 1.54) is 0 Å². The first-order valence-corrected chi connectivity index (χ1v) is 5.18. The van der Waals surface area contributed by atoms with Crippen molar-refractivity contribution in [2.75, 3.05) is 14.2 Å². The molecule has 88 valence electrons. The number of nitrogens with one attached hydrogen (secondary N) is 1. The molecule has 0 bridgehead atoms. The molecule has 0 spiro atoms. The van der Waals surface area contributed by atoms with Crippen LogP contribution in [0.5, 0.6) is 11.5 Å². The third-order valence-corrected chi connectivity index (χ3v) is 2.29. The minimum Gasteiger partial charge on any atom is -0.497 e. The number of methoxy groups -OCH3 is 2. The van der Waals surface area contributed by atoms with Gasteiger partial charge >= 0.3 is 0 Å². The molecule has 1 N–H and O–H groups in total. The number of ether oxygens (including phenoxy) is 2. The molecular formula is C12H17NO3. The maximum absolute atomic E-state index is 11.1. The second kappa shape index (κ2) is 6.00. The van der Waals surface area contributed by atoms with E-state index in [1.54, 1.807) is 20.3 Å². The van der Waals surface area contributed by atoms with Gasteiger partial charge in [-0.05, 0) is 12.1 Å². The Morgan fingerprint density at radius 3 is 2.62 bits per heavy atom. The summed E-state index contributed by atoms with van der Waals surface area (Å²) in [5, 5.41) is 2.80. The van der Waals surface area contributed by atoms with Crippen LogP contribution in [-0.4, -0.2) is 20.1 Å². The number of amides is 1. The van der Waals surface area contributed by atoms with E-state index in [2.05, 4.69) is 5.32 Å². The lowest BCUT2D eigenvalue weighted by Gasteiger charge is -2.10. The summed E-state index contributed by atoms with van der Waals surface area (Å²) < 4.78 is 10.3. The number of carbonyl (C=O) groups is 1. The van der Waals surface area contributed by atoms with Gasteiger partial charge in [0.05, 0.1) is 14.2 Å². The van der Waals surface area contributed by atoms with Gasteiger partial charge in [-0.15, -0.1) is 0 Å². The first-order valence-electron chi connectivity index (χ1n) is 5.18. The first-order chi connectivity index (χ1) is 7.71. The SMILES string of the molecule is CCC(=O)NCc1ccc(OC)cc1OC. The normalized spacial score (nSPS) is 9.69. The minimum absolute atomic E-state index is 0.0258. The summed E-state index contributed by atoms with van der Waals surface area (Å²) in [6.07, 6.45) is 0.485. The fourth-order valence-corrected chi connectivity index (χ4v) is 1.32. The van der Waals surface area contributed by atoms with E-state index in [4.69, 9.17) is 9.47 Å². The van der Waals surface area contributed by atoms with Crippen LogP contribution in [0.3, 0.4) is 0 Å². The van der Waals surface area contributed by atoms with Gasteiger partial charge in [-0.25, -0.2) is 0 Å². The molecule has 0 fully saturated rings. The Labute approximate surface area is 95.6 Å². The van der Waals surface area contributed by atoms with Crippen molar-refractivity contribution < 1.29 is 14.3 Å². The zero-order valence-corrected chi connectivity index (χ0v) is 9.87. The van der Waals surface area contributed by atoms with Gasteiger partial charge in [-0.1, -0.05) is 6.92 Å². The Morgan fingerprint density at radius 1 is 1.31 bits per heavy atom. The number of rotatable bonds is 5. The van der Waals surface area contributed by atoms with Gasteiger partial charge in [-0.3, -0.25) is 4.79 Å². The quantitative estimate of drug-likeness (QED) is 0.827. The lowest BCUT2D eigenvalue weighted by molar-refractivity contribution is -0.120. The van der Waals surface area contributed by atoms with E-state index in [1.807, 2.05) is 19.1 Å². The molecule has 0 saturated heterocycles. The van der Waals surface area contributed by atoms with Gasteiger partial charge in [0.25, 0.3) is 0 Å². The van der Waals surface area contributed by atoms with E-state index in [-0.39, 0.29) is 5.91 Å². The number of hydrogen-bond donors (Lipinski definition) is 1. The Balaban J connectivity index is 2.75. The van der Waals surface area contributed by atoms with Crippen molar-refractivity contribution in [1.29, 1.82) is 0 Å². The highest BCUT2D eigenvalue weighted by molar-refractivity contribution is 5.75. The highest BCUT2D eigenvalue weighted by atomic mass is 16.5. The van der Waals surface area contributed by atoms with Crippen molar-refractivity contribution in [3.8, 4) is 11.5 Å². The second-order valence-corrected chi connectivity index (χ2v) is 3.31. The maximum atomic E-state index is 11.1. The third kappa shape index (κ3) is 3.15. The standard InChI is InChI=1S/C12H17NO3/c1-4-12(14)13-8-9-5-6-10(15-2)7-11(9)16-3/h5-7H,4,8H2,1-3H3,(H,13,14). The summed E-state index contributed by atoms with van der Waals surface area (Å²) in [7, 11) is 3.20. The van der Waals surface area contributed by atoms with Gasteiger partial charge in [0.1, 0.15) is 11.5 Å². The first kappa shape index (κ1) is 12.4. The van der Waals surface area contributed by atoms with E-state index >= 15 is 0 Å². The Hall–Kier alpha value is -1.71. The van der Waals surface area contributed by atoms with Crippen molar-refractivity contribution in [2.24, 2.45) is 0 Å². The molecule has 0 aromatic heterocycles. The summed E-state index contributed by atoms with van der Waals surface area (Å²) in [6, 6.07) is 5.52. The van der Waals surface area contributed by atoms with Crippen LogP contribution in [0, 0.1) is 0 Å². The zero-order chi connectivity index (χ0) is 12.0. The molecule has 1 amide bonds. The minimum atomic E-state index is 0.0258. The summed E-state index contributed by atoms with van der Waals surface area (Å²) in [4.78, 5) is 11.1. The molecule has 4 nitrogen and oxygen atoms in total. The lowest BCUT2D eigenvalue weighted by atomic mass is 10.2. The van der Waals surface area contributed by atoms with E-state index < -0.39 is 0 Å². The number of hydrogen-bond acceptors (Lipinski definition) is 3. The van der Waals surface area contributed by atoms with Crippen LogP contribution in [-0.2, 0) is 11.3 Å². The predicted molar refractivity (Wildman–Crippen MR) is 61.7 cm³/mol. The topological polar surface area (TPSA) is 47.6 Å². The molecule has 1 aromatic carbocycles. The Kier molecular flexibility index (Phi) is 4.64. The van der Waals surface area contributed by atoms with Crippen LogP contribution in [0.2, 0.25) is 0 Å². The van der Waals surface area contributed by atoms with Crippen LogP contribution in [0.15, 0.2) is 18.2 Å². The van der Waals surface area contributed by atoms with E-state index in [9.17, 15) is 4.79 Å². The molecule has 0 unspecified atom stereocenters. The summed E-state index contributed by atoms with van der Waals surface area (Å²) in [5.41, 5.74) is 0.935. The van der Waals surface area contributed by atoms with Crippen LogP contribution >= 0.6 is 0 Å². The molecule has 16 heavy (non-hydrogen) atoms. The molecule has 0 radical (unpaired) electrons. The van der Waals surface area contributed by atoms with E-state index in [0.717, 1.165) is 17.1 Å². The monoisotopic (exact) mass is 223 g/mol. The van der Waals surface area contributed by atoms with Gasteiger partial charge in [0, 0.05) is 24.6 Å². The predicted octanol–water partition coefficient (Wildman–Crippen LogP) is 1.73. The molecular weight excluding hydrogens is 206 g/mol. The highest BCUT2D eigenvalue weighted by Gasteiger charge is 2.05. The van der Waals surface area contributed by atoms with Crippen molar-refractivity contribution in [3.63, 3.8) is 0 Å². The van der Waals surface area contributed by atoms with Crippen LogP contribution in [0.4, 0.5) is 0 Å². The van der Waals surface area contributed by atoms with Crippen molar-refractivity contribution >= 4 is 5.91 Å². The third-order valence-electron chi connectivity index (χ3n) is 2.29. The van der Waals surface area contributed by atoms with Gasteiger partial charge in [0.2, 0.25) is 5.91 Å². The number of benzene rings is 1. The smallest absolute Gasteiger partial charge is 0.219 e. The molecule has 0 aliphatic carbocycles. The molecule has 0 atom stereocenters. The fourth-order valence-electron chi connectivity index (χ4n) is 1.32. The summed E-state index contributed by atoms with van der Waals surface area (Å²) in [5.74, 6) is 1.48. The molecule has 0 heterocycles. The molecule has 1 rings (SSSR count). The van der Waals surface area contributed by atoms with Crippen LogP contribution in [0.25, 0.3) is 0 Å².